The first kappa shape index (κ1) is 17.7. The van der Waals surface area contributed by atoms with Crippen molar-refractivity contribution < 1.29 is 14.1 Å². The summed E-state index contributed by atoms with van der Waals surface area (Å²) in [4.78, 5) is 32.9. The standard InChI is InChI=1S/C17H27N5O3/c1-17(2,3)15-19-13(25-20-15)8-18-16(24)22-9-11-6-5-7-12(10-22)21(4)14(11)23/h11-12H,5-10H2,1-4H3,(H,18,24)/t11-,12+/m1/s1. The molecule has 8 nitrogen and oxygen atoms in total. The van der Waals surface area contributed by atoms with Crippen LogP contribution in [-0.4, -0.2) is 58.1 Å². The molecule has 2 saturated heterocycles. The zero-order chi connectivity index (χ0) is 18.2. The highest BCUT2D eigenvalue weighted by molar-refractivity contribution is 5.82. The quantitative estimate of drug-likeness (QED) is 0.874. The molecule has 0 aliphatic carbocycles. The number of nitrogens with one attached hydrogen (secondary N) is 1. The third-order valence-corrected chi connectivity index (χ3v) is 5.02. The maximum absolute atomic E-state index is 12.6. The number of nitrogens with zero attached hydrogens (tertiary/aromatic N) is 4. The molecule has 2 aliphatic heterocycles. The van der Waals surface area contributed by atoms with Crippen LogP contribution in [0.1, 0.15) is 51.7 Å². The van der Waals surface area contributed by atoms with E-state index in [-0.39, 0.29) is 35.9 Å². The maximum Gasteiger partial charge on any atom is 0.317 e. The second-order valence-corrected chi connectivity index (χ2v) is 8.06. The van der Waals surface area contributed by atoms with Gasteiger partial charge < -0.3 is 19.6 Å². The number of urea groups is 1. The first-order chi connectivity index (χ1) is 11.8. The van der Waals surface area contributed by atoms with Crippen molar-refractivity contribution in [2.45, 2.75) is 58.0 Å². The lowest BCUT2D eigenvalue weighted by atomic mass is 9.96. The SMILES string of the molecule is CN1C(=O)[C@@H]2CCC[C@H]1CN(C(=O)NCc1nc(C(C)(C)C)no1)C2. The summed E-state index contributed by atoms with van der Waals surface area (Å²) < 4.78 is 5.21. The van der Waals surface area contributed by atoms with E-state index >= 15 is 0 Å². The molecule has 8 heteroatoms. The number of rotatable bonds is 2. The van der Waals surface area contributed by atoms with Crippen molar-refractivity contribution in [3.05, 3.63) is 11.7 Å². The van der Waals surface area contributed by atoms with Gasteiger partial charge in [0, 0.05) is 31.6 Å². The Bertz CT molecular complexity index is 651. The number of aromatic nitrogens is 2. The molecule has 0 spiro atoms. The minimum atomic E-state index is -0.195. The Balaban J connectivity index is 1.62. The molecule has 0 radical (unpaired) electrons. The molecular weight excluding hydrogens is 322 g/mol. The fraction of sp³-hybridized carbons (Fsp3) is 0.765. The molecule has 2 aliphatic rings. The third kappa shape index (κ3) is 3.77. The molecule has 0 aromatic carbocycles. The van der Waals surface area contributed by atoms with Gasteiger partial charge in [0.05, 0.1) is 12.5 Å². The van der Waals surface area contributed by atoms with E-state index in [9.17, 15) is 9.59 Å². The molecule has 25 heavy (non-hydrogen) atoms. The van der Waals surface area contributed by atoms with Gasteiger partial charge in [-0.05, 0) is 12.8 Å². The Morgan fingerprint density at radius 2 is 2.08 bits per heavy atom. The summed E-state index contributed by atoms with van der Waals surface area (Å²) in [7, 11) is 1.85. The molecule has 1 aromatic rings. The average Bonchev–Trinajstić information content (AvgIpc) is 2.92. The van der Waals surface area contributed by atoms with E-state index in [0.29, 0.717) is 24.8 Å². The highest BCUT2D eigenvalue weighted by Crippen LogP contribution is 2.26. The fourth-order valence-corrected chi connectivity index (χ4v) is 3.42. The third-order valence-electron chi connectivity index (χ3n) is 5.02. The summed E-state index contributed by atoms with van der Waals surface area (Å²) in [6, 6.07) is -0.0860. The molecule has 3 rings (SSSR count). The second-order valence-electron chi connectivity index (χ2n) is 8.06. The molecule has 138 valence electrons. The van der Waals surface area contributed by atoms with E-state index in [1.54, 1.807) is 4.90 Å². The molecule has 0 unspecified atom stereocenters. The van der Waals surface area contributed by atoms with Crippen LogP contribution in [0, 0.1) is 5.92 Å². The van der Waals surface area contributed by atoms with Crippen LogP contribution < -0.4 is 5.32 Å². The van der Waals surface area contributed by atoms with Crippen molar-refractivity contribution in [3.8, 4) is 0 Å². The number of amides is 3. The number of hydrogen-bond donors (Lipinski definition) is 1. The van der Waals surface area contributed by atoms with E-state index in [2.05, 4.69) is 15.5 Å². The minimum Gasteiger partial charge on any atom is -0.341 e. The summed E-state index contributed by atoms with van der Waals surface area (Å²) in [5, 5.41) is 6.80. The van der Waals surface area contributed by atoms with Crippen molar-refractivity contribution in [2.24, 2.45) is 5.92 Å². The largest absolute Gasteiger partial charge is 0.341 e. The van der Waals surface area contributed by atoms with Gasteiger partial charge in [-0.3, -0.25) is 4.79 Å². The molecule has 3 heterocycles. The van der Waals surface area contributed by atoms with Gasteiger partial charge in [-0.25, -0.2) is 4.79 Å². The molecule has 3 amide bonds. The topological polar surface area (TPSA) is 91.6 Å². The van der Waals surface area contributed by atoms with Crippen molar-refractivity contribution >= 4 is 11.9 Å². The Morgan fingerprint density at radius 3 is 2.76 bits per heavy atom. The molecule has 2 atom stereocenters. The normalized spacial score (nSPS) is 24.2. The van der Waals surface area contributed by atoms with Gasteiger partial charge in [0.1, 0.15) is 0 Å². The van der Waals surface area contributed by atoms with Crippen LogP contribution in [0.2, 0.25) is 0 Å². The predicted octanol–water partition coefficient (Wildman–Crippen LogP) is 1.52. The fourth-order valence-electron chi connectivity index (χ4n) is 3.42. The van der Waals surface area contributed by atoms with E-state index in [0.717, 1.165) is 19.3 Å². The van der Waals surface area contributed by atoms with Crippen LogP contribution in [-0.2, 0) is 16.8 Å². The summed E-state index contributed by atoms with van der Waals surface area (Å²) in [5.41, 5.74) is -0.195. The summed E-state index contributed by atoms with van der Waals surface area (Å²) >= 11 is 0. The van der Waals surface area contributed by atoms with Crippen molar-refractivity contribution in [3.63, 3.8) is 0 Å². The van der Waals surface area contributed by atoms with E-state index < -0.39 is 0 Å². The van der Waals surface area contributed by atoms with E-state index in [4.69, 9.17) is 4.52 Å². The summed E-state index contributed by atoms with van der Waals surface area (Å²) in [6.45, 7) is 7.25. The molecule has 2 fully saturated rings. The Morgan fingerprint density at radius 1 is 1.32 bits per heavy atom. The van der Waals surface area contributed by atoms with Gasteiger partial charge in [0.2, 0.25) is 11.8 Å². The Kier molecular flexibility index (Phi) is 4.71. The number of hydrogen-bond acceptors (Lipinski definition) is 5. The lowest BCUT2D eigenvalue weighted by Crippen LogP contribution is -2.46. The van der Waals surface area contributed by atoms with Gasteiger partial charge >= 0.3 is 6.03 Å². The van der Waals surface area contributed by atoms with E-state index in [1.807, 2.05) is 32.7 Å². The number of likely N-dealkylation sites (N-methyl/N-ethyl adjacent to an activating group) is 1. The number of carbonyl (C=O) groups is 2. The lowest BCUT2D eigenvalue weighted by Gasteiger charge is -2.29. The van der Waals surface area contributed by atoms with Gasteiger partial charge in [-0.1, -0.05) is 32.3 Å². The maximum atomic E-state index is 12.6. The number of likely N-dealkylation sites (tertiary alicyclic amines) is 1. The first-order valence-electron chi connectivity index (χ1n) is 8.88. The van der Waals surface area contributed by atoms with Crippen LogP contribution in [0.15, 0.2) is 4.52 Å². The first-order valence-corrected chi connectivity index (χ1v) is 8.88. The minimum absolute atomic E-state index is 0.0980. The summed E-state index contributed by atoms with van der Waals surface area (Å²) in [6.07, 6.45) is 2.83. The highest BCUT2D eigenvalue weighted by Gasteiger charge is 2.38. The number of fused-ring (bicyclic) bond motifs is 3. The second kappa shape index (κ2) is 6.65. The van der Waals surface area contributed by atoms with Crippen LogP contribution >= 0.6 is 0 Å². The predicted molar refractivity (Wildman–Crippen MR) is 90.7 cm³/mol. The lowest BCUT2D eigenvalue weighted by molar-refractivity contribution is -0.134. The van der Waals surface area contributed by atoms with Gasteiger partial charge in [0.25, 0.3) is 0 Å². The monoisotopic (exact) mass is 349 g/mol. The molecule has 1 aromatic heterocycles. The molecule has 0 saturated carbocycles. The van der Waals surface area contributed by atoms with Gasteiger partial charge in [-0.2, -0.15) is 4.98 Å². The smallest absolute Gasteiger partial charge is 0.317 e. The van der Waals surface area contributed by atoms with Crippen LogP contribution in [0.5, 0.6) is 0 Å². The zero-order valence-corrected chi connectivity index (χ0v) is 15.4. The number of carbonyl (C=O) groups excluding carboxylic acids is 2. The van der Waals surface area contributed by atoms with Crippen molar-refractivity contribution in [1.29, 1.82) is 0 Å². The van der Waals surface area contributed by atoms with Crippen molar-refractivity contribution in [2.75, 3.05) is 20.1 Å². The Labute approximate surface area is 147 Å². The van der Waals surface area contributed by atoms with Gasteiger partial charge in [-0.15, -0.1) is 0 Å². The van der Waals surface area contributed by atoms with Crippen LogP contribution in [0.25, 0.3) is 0 Å². The van der Waals surface area contributed by atoms with Crippen LogP contribution in [0.4, 0.5) is 4.79 Å². The summed E-state index contributed by atoms with van der Waals surface area (Å²) in [5.74, 6) is 1.07. The molecule has 2 bridgehead atoms. The average molecular weight is 349 g/mol. The molecule has 1 N–H and O–H groups in total. The van der Waals surface area contributed by atoms with Crippen molar-refractivity contribution in [1.82, 2.24) is 25.3 Å². The highest BCUT2D eigenvalue weighted by atomic mass is 16.5. The molecular formula is C17H27N5O3. The zero-order valence-electron chi connectivity index (χ0n) is 15.4. The van der Waals surface area contributed by atoms with Gasteiger partial charge in [0.15, 0.2) is 5.82 Å². The van der Waals surface area contributed by atoms with E-state index in [1.165, 1.54) is 0 Å². The Hall–Kier alpha value is -2.12. The van der Waals surface area contributed by atoms with Crippen LogP contribution in [0.3, 0.4) is 0 Å².